The molecular formula is C21H28N2O6S. The number of nitrogens with zero attached hydrogens (tertiary/aromatic N) is 1. The number of methoxy groups -OCH3 is 2. The van der Waals surface area contributed by atoms with Crippen LogP contribution in [0.25, 0.3) is 0 Å². The highest BCUT2D eigenvalue weighted by molar-refractivity contribution is 7.92. The van der Waals surface area contributed by atoms with E-state index in [1.54, 1.807) is 56.5 Å². The lowest BCUT2D eigenvalue weighted by molar-refractivity contribution is -0.120. The summed E-state index contributed by atoms with van der Waals surface area (Å²) in [7, 11) is -0.585. The van der Waals surface area contributed by atoms with Gasteiger partial charge in [0.1, 0.15) is 23.8 Å². The number of anilines is 1. The Morgan fingerprint density at radius 2 is 1.70 bits per heavy atom. The maximum atomic E-state index is 12.7. The van der Waals surface area contributed by atoms with E-state index < -0.39 is 22.0 Å². The highest BCUT2D eigenvalue weighted by Crippen LogP contribution is 2.29. The molecule has 0 aliphatic carbocycles. The molecule has 0 aliphatic heterocycles. The molecular weight excluding hydrogens is 408 g/mol. The maximum absolute atomic E-state index is 12.7. The summed E-state index contributed by atoms with van der Waals surface area (Å²) < 4.78 is 41.6. The van der Waals surface area contributed by atoms with Gasteiger partial charge in [-0.3, -0.25) is 9.10 Å². The summed E-state index contributed by atoms with van der Waals surface area (Å²) in [6, 6.07) is 11.4. The van der Waals surface area contributed by atoms with Crippen molar-refractivity contribution < 1.29 is 27.4 Å². The maximum Gasteiger partial charge on any atom is 0.241 e. The zero-order valence-corrected chi connectivity index (χ0v) is 18.7. The first-order valence-corrected chi connectivity index (χ1v) is 11.3. The number of carbonyl (C=O) groups is 1. The Balaban J connectivity index is 2.18. The number of amides is 1. The van der Waals surface area contributed by atoms with E-state index >= 15 is 0 Å². The van der Waals surface area contributed by atoms with Gasteiger partial charge >= 0.3 is 0 Å². The molecule has 164 valence electrons. The lowest BCUT2D eigenvalue weighted by Gasteiger charge is -2.24. The zero-order chi connectivity index (χ0) is 22.3. The van der Waals surface area contributed by atoms with Gasteiger partial charge in [0.25, 0.3) is 0 Å². The van der Waals surface area contributed by atoms with E-state index in [1.165, 1.54) is 7.11 Å². The van der Waals surface area contributed by atoms with Crippen molar-refractivity contribution in [1.29, 1.82) is 0 Å². The lowest BCUT2D eigenvalue weighted by atomic mass is 10.1. The van der Waals surface area contributed by atoms with E-state index in [1.807, 2.05) is 6.92 Å². The molecule has 0 radical (unpaired) electrons. The molecule has 2 aromatic carbocycles. The molecule has 0 aliphatic rings. The van der Waals surface area contributed by atoms with Crippen LogP contribution in [0.1, 0.15) is 25.5 Å². The first-order chi connectivity index (χ1) is 14.2. The first kappa shape index (κ1) is 23.3. The Bertz CT molecular complexity index is 960. The number of carbonyl (C=O) groups excluding carboxylic acids is 1. The van der Waals surface area contributed by atoms with Crippen molar-refractivity contribution in [2.24, 2.45) is 0 Å². The molecule has 8 nitrogen and oxygen atoms in total. The average Bonchev–Trinajstić information content (AvgIpc) is 2.71. The van der Waals surface area contributed by atoms with Crippen LogP contribution in [0, 0.1) is 0 Å². The lowest BCUT2D eigenvalue weighted by Crippen LogP contribution is -2.41. The molecule has 9 heteroatoms. The van der Waals surface area contributed by atoms with Gasteiger partial charge in [0.2, 0.25) is 15.9 Å². The normalized spacial score (nSPS) is 12.0. The third kappa shape index (κ3) is 6.03. The van der Waals surface area contributed by atoms with Crippen LogP contribution in [0.4, 0.5) is 5.69 Å². The van der Waals surface area contributed by atoms with Gasteiger partial charge in [0.15, 0.2) is 0 Å². The molecule has 1 amide bonds. The Hall–Kier alpha value is -2.94. The van der Waals surface area contributed by atoms with Crippen molar-refractivity contribution in [3.05, 3.63) is 48.0 Å². The van der Waals surface area contributed by atoms with Crippen molar-refractivity contribution in [3.63, 3.8) is 0 Å². The van der Waals surface area contributed by atoms with Crippen LogP contribution in [0.5, 0.6) is 17.2 Å². The van der Waals surface area contributed by atoms with Crippen LogP contribution in [0.3, 0.4) is 0 Å². The molecule has 0 saturated heterocycles. The minimum atomic E-state index is -3.68. The van der Waals surface area contributed by atoms with Crippen LogP contribution in [-0.2, 0) is 14.8 Å². The zero-order valence-electron chi connectivity index (χ0n) is 17.8. The van der Waals surface area contributed by atoms with Crippen LogP contribution in [0.15, 0.2) is 42.5 Å². The number of benzene rings is 2. The Kier molecular flexibility index (Phi) is 7.93. The van der Waals surface area contributed by atoms with Crippen molar-refractivity contribution in [1.82, 2.24) is 5.32 Å². The molecule has 0 spiro atoms. The molecule has 2 rings (SSSR count). The van der Waals surface area contributed by atoms with Crippen LogP contribution in [0.2, 0.25) is 0 Å². The molecule has 0 saturated carbocycles. The van der Waals surface area contributed by atoms with Crippen LogP contribution >= 0.6 is 0 Å². The predicted molar refractivity (Wildman–Crippen MR) is 116 cm³/mol. The second-order valence-corrected chi connectivity index (χ2v) is 8.50. The van der Waals surface area contributed by atoms with Gasteiger partial charge in [-0.1, -0.05) is 0 Å². The van der Waals surface area contributed by atoms with Crippen molar-refractivity contribution >= 4 is 21.6 Å². The van der Waals surface area contributed by atoms with Crippen molar-refractivity contribution in [3.8, 4) is 17.2 Å². The van der Waals surface area contributed by atoms with E-state index in [-0.39, 0.29) is 6.54 Å². The van der Waals surface area contributed by atoms with Crippen LogP contribution < -0.4 is 23.8 Å². The summed E-state index contributed by atoms with van der Waals surface area (Å²) in [6.07, 6.45) is 1.06. The Morgan fingerprint density at radius 3 is 2.23 bits per heavy atom. The predicted octanol–water partition coefficient (Wildman–Crippen LogP) is 2.75. The third-order valence-corrected chi connectivity index (χ3v) is 5.54. The van der Waals surface area contributed by atoms with E-state index in [0.717, 1.165) is 16.1 Å². The quantitative estimate of drug-likeness (QED) is 0.616. The number of ether oxygens (including phenoxy) is 3. The van der Waals surface area contributed by atoms with E-state index in [2.05, 4.69) is 5.32 Å². The smallest absolute Gasteiger partial charge is 0.241 e. The van der Waals surface area contributed by atoms with Crippen molar-refractivity contribution in [2.45, 2.75) is 19.9 Å². The summed E-state index contributed by atoms with van der Waals surface area (Å²) >= 11 is 0. The molecule has 0 bridgehead atoms. The summed E-state index contributed by atoms with van der Waals surface area (Å²) in [6.45, 7) is 3.79. The summed E-state index contributed by atoms with van der Waals surface area (Å²) in [5, 5.41) is 2.82. The third-order valence-electron chi connectivity index (χ3n) is 4.40. The SMILES string of the molecule is CCOc1ccc(N(CC(=O)NC(C)c2cc(OC)ccc2OC)S(C)(=O)=O)cc1. The average molecular weight is 437 g/mol. The van der Waals surface area contributed by atoms with Gasteiger partial charge in [-0.2, -0.15) is 0 Å². The highest BCUT2D eigenvalue weighted by Gasteiger charge is 2.23. The fourth-order valence-electron chi connectivity index (χ4n) is 2.95. The number of sulfonamides is 1. The van der Waals surface area contributed by atoms with Crippen molar-refractivity contribution in [2.75, 3.05) is 37.9 Å². The Labute approximate surface area is 177 Å². The molecule has 0 fully saturated rings. The minimum Gasteiger partial charge on any atom is -0.497 e. The monoisotopic (exact) mass is 436 g/mol. The number of rotatable bonds is 10. The molecule has 0 aromatic heterocycles. The first-order valence-electron chi connectivity index (χ1n) is 9.41. The van der Waals surface area contributed by atoms with E-state index in [9.17, 15) is 13.2 Å². The molecule has 0 heterocycles. The minimum absolute atomic E-state index is 0.358. The Morgan fingerprint density at radius 1 is 1.07 bits per heavy atom. The molecule has 1 unspecified atom stereocenters. The summed E-state index contributed by atoms with van der Waals surface area (Å²) in [5.74, 6) is 1.39. The number of nitrogens with one attached hydrogen (secondary N) is 1. The summed E-state index contributed by atoms with van der Waals surface area (Å²) in [4.78, 5) is 12.7. The van der Waals surface area contributed by atoms with Crippen LogP contribution in [-0.4, -0.2) is 48.0 Å². The number of hydrogen-bond donors (Lipinski definition) is 1. The van der Waals surface area contributed by atoms with Gasteiger partial charge in [-0.25, -0.2) is 8.42 Å². The molecule has 2 aromatic rings. The summed E-state index contributed by atoms with van der Waals surface area (Å²) in [5.41, 5.74) is 1.10. The largest absolute Gasteiger partial charge is 0.497 e. The number of hydrogen-bond acceptors (Lipinski definition) is 6. The van der Waals surface area contributed by atoms with E-state index in [0.29, 0.717) is 29.5 Å². The van der Waals surface area contributed by atoms with Gasteiger partial charge in [0.05, 0.1) is 38.8 Å². The standard InChI is InChI=1S/C21H28N2O6S/c1-6-29-17-9-7-16(8-10-17)23(30(5,25)26)14-21(24)22-15(2)19-13-18(27-3)11-12-20(19)28-4/h7-13,15H,6,14H2,1-5H3,(H,22,24). The molecule has 1 N–H and O–H groups in total. The topological polar surface area (TPSA) is 94.2 Å². The fraction of sp³-hybridized carbons (Fsp3) is 0.381. The van der Waals surface area contributed by atoms with Gasteiger partial charge < -0.3 is 19.5 Å². The fourth-order valence-corrected chi connectivity index (χ4v) is 3.80. The molecule has 30 heavy (non-hydrogen) atoms. The highest BCUT2D eigenvalue weighted by atomic mass is 32.2. The van der Waals surface area contributed by atoms with Gasteiger partial charge in [-0.15, -0.1) is 0 Å². The second kappa shape index (κ2) is 10.2. The van der Waals surface area contributed by atoms with E-state index in [4.69, 9.17) is 14.2 Å². The molecule has 1 atom stereocenters. The second-order valence-electron chi connectivity index (χ2n) is 6.59. The van der Waals surface area contributed by atoms with Gasteiger partial charge in [-0.05, 0) is 56.3 Å². The van der Waals surface area contributed by atoms with Gasteiger partial charge in [0, 0.05) is 5.56 Å².